The van der Waals surface area contributed by atoms with Crippen LogP contribution in [0.15, 0.2) is 24.3 Å². The van der Waals surface area contributed by atoms with Crippen LogP contribution in [-0.4, -0.2) is 36.7 Å². The molecule has 1 aromatic rings. The molecule has 1 rings (SSSR count). The Labute approximate surface area is 134 Å². The highest BCUT2D eigenvalue weighted by Gasteiger charge is 2.18. The number of carbonyl (C=O) groups is 1. The summed E-state index contributed by atoms with van der Waals surface area (Å²) in [7, 11) is 1.78. The standard InChI is InChI=1S/C18H30N2O2/c1-6-15-10-7-8-11-16(15)14-19-12-9-13-20(5)17(21)22-18(2,3)4/h7-8,10-11,19H,6,9,12-14H2,1-5H3. The molecule has 0 fully saturated rings. The SMILES string of the molecule is CCc1ccccc1CNCCCN(C)C(=O)OC(C)(C)C. The maximum atomic E-state index is 11.8. The molecule has 0 aliphatic heterocycles. The number of rotatable bonds is 7. The van der Waals surface area contributed by atoms with Gasteiger partial charge in [0.1, 0.15) is 5.60 Å². The Morgan fingerprint density at radius 3 is 2.45 bits per heavy atom. The van der Waals surface area contributed by atoms with Crippen molar-refractivity contribution < 1.29 is 9.53 Å². The second-order valence-corrected chi connectivity index (χ2v) is 6.55. The zero-order valence-electron chi connectivity index (χ0n) is 14.6. The lowest BCUT2D eigenvalue weighted by Crippen LogP contribution is -2.35. The largest absolute Gasteiger partial charge is 0.444 e. The highest BCUT2D eigenvalue weighted by molar-refractivity contribution is 5.67. The molecule has 1 aromatic carbocycles. The quantitative estimate of drug-likeness (QED) is 0.783. The predicted octanol–water partition coefficient (Wildman–Crippen LogP) is 3.60. The van der Waals surface area contributed by atoms with Crippen LogP contribution >= 0.6 is 0 Å². The molecule has 0 saturated carbocycles. The number of benzene rings is 1. The maximum Gasteiger partial charge on any atom is 0.410 e. The van der Waals surface area contributed by atoms with Crippen molar-refractivity contribution in [2.75, 3.05) is 20.1 Å². The van der Waals surface area contributed by atoms with E-state index in [-0.39, 0.29) is 6.09 Å². The van der Waals surface area contributed by atoms with Gasteiger partial charge < -0.3 is 15.0 Å². The molecule has 4 heteroatoms. The third-order valence-corrected chi connectivity index (χ3v) is 3.37. The molecule has 0 aliphatic rings. The number of ether oxygens (including phenoxy) is 1. The van der Waals surface area contributed by atoms with Gasteiger partial charge in [-0.05, 0) is 51.3 Å². The molecule has 0 radical (unpaired) electrons. The minimum Gasteiger partial charge on any atom is -0.444 e. The highest BCUT2D eigenvalue weighted by atomic mass is 16.6. The maximum absolute atomic E-state index is 11.8. The molecule has 4 nitrogen and oxygen atoms in total. The highest BCUT2D eigenvalue weighted by Crippen LogP contribution is 2.10. The molecule has 1 N–H and O–H groups in total. The minimum atomic E-state index is -0.437. The average Bonchev–Trinajstić information content (AvgIpc) is 2.45. The fourth-order valence-electron chi connectivity index (χ4n) is 2.17. The smallest absolute Gasteiger partial charge is 0.410 e. The van der Waals surface area contributed by atoms with E-state index in [1.165, 1.54) is 11.1 Å². The first-order valence-corrected chi connectivity index (χ1v) is 8.05. The van der Waals surface area contributed by atoms with E-state index in [0.717, 1.165) is 25.9 Å². The van der Waals surface area contributed by atoms with Crippen LogP contribution in [-0.2, 0) is 17.7 Å². The van der Waals surface area contributed by atoms with Crippen LogP contribution in [0, 0.1) is 0 Å². The Morgan fingerprint density at radius 1 is 1.23 bits per heavy atom. The van der Waals surface area contributed by atoms with E-state index in [1.807, 2.05) is 20.8 Å². The fraction of sp³-hybridized carbons (Fsp3) is 0.611. The number of aryl methyl sites for hydroxylation is 1. The van der Waals surface area contributed by atoms with Gasteiger partial charge in [-0.25, -0.2) is 4.79 Å². The van der Waals surface area contributed by atoms with Gasteiger partial charge in [0.25, 0.3) is 0 Å². The zero-order valence-corrected chi connectivity index (χ0v) is 14.6. The van der Waals surface area contributed by atoms with Gasteiger partial charge in [0.15, 0.2) is 0 Å². The second kappa shape index (κ2) is 8.79. The zero-order chi connectivity index (χ0) is 16.6. The Morgan fingerprint density at radius 2 is 1.86 bits per heavy atom. The number of hydrogen-bond acceptors (Lipinski definition) is 3. The molecule has 0 spiro atoms. The van der Waals surface area contributed by atoms with Crippen molar-refractivity contribution in [3.05, 3.63) is 35.4 Å². The van der Waals surface area contributed by atoms with E-state index >= 15 is 0 Å². The first kappa shape index (κ1) is 18.5. The van der Waals surface area contributed by atoms with Crippen molar-refractivity contribution in [1.82, 2.24) is 10.2 Å². The van der Waals surface area contributed by atoms with Crippen molar-refractivity contribution in [1.29, 1.82) is 0 Å². The number of carbonyl (C=O) groups excluding carboxylic acids is 1. The molecule has 0 unspecified atom stereocenters. The van der Waals surface area contributed by atoms with E-state index in [9.17, 15) is 4.79 Å². The first-order valence-electron chi connectivity index (χ1n) is 8.05. The van der Waals surface area contributed by atoms with Crippen LogP contribution in [0.1, 0.15) is 45.2 Å². The molecule has 22 heavy (non-hydrogen) atoms. The lowest BCUT2D eigenvalue weighted by atomic mass is 10.1. The van der Waals surface area contributed by atoms with Crippen molar-refractivity contribution in [3.63, 3.8) is 0 Å². The van der Waals surface area contributed by atoms with Gasteiger partial charge in [-0.1, -0.05) is 31.2 Å². The molecule has 1 amide bonds. The van der Waals surface area contributed by atoms with Crippen LogP contribution in [0.5, 0.6) is 0 Å². The second-order valence-electron chi connectivity index (χ2n) is 6.55. The summed E-state index contributed by atoms with van der Waals surface area (Å²) in [6.45, 7) is 10.3. The third kappa shape index (κ3) is 6.94. The van der Waals surface area contributed by atoms with Crippen LogP contribution in [0.25, 0.3) is 0 Å². The molecule has 0 saturated heterocycles. The van der Waals surface area contributed by atoms with E-state index in [1.54, 1.807) is 11.9 Å². The van der Waals surface area contributed by atoms with Gasteiger partial charge in [0.2, 0.25) is 0 Å². The van der Waals surface area contributed by atoms with Crippen LogP contribution < -0.4 is 5.32 Å². The molecular formula is C18H30N2O2. The molecule has 0 bridgehead atoms. The van der Waals surface area contributed by atoms with E-state index < -0.39 is 5.60 Å². The van der Waals surface area contributed by atoms with Gasteiger partial charge in [-0.2, -0.15) is 0 Å². The van der Waals surface area contributed by atoms with Crippen LogP contribution in [0.3, 0.4) is 0 Å². The molecular weight excluding hydrogens is 276 g/mol. The van der Waals surface area contributed by atoms with Crippen molar-refractivity contribution in [2.45, 2.75) is 52.7 Å². The number of amides is 1. The minimum absolute atomic E-state index is 0.260. The summed E-state index contributed by atoms with van der Waals surface area (Å²) < 4.78 is 5.32. The predicted molar refractivity (Wildman–Crippen MR) is 91.0 cm³/mol. The Kier molecular flexibility index (Phi) is 7.39. The number of hydrogen-bond donors (Lipinski definition) is 1. The van der Waals surface area contributed by atoms with Crippen molar-refractivity contribution in [2.24, 2.45) is 0 Å². The van der Waals surface area contributed by atoms with E-state index in [0.29, 0.717) is 6.54 Å². The summed E-state index contributed by atoms with van der Waals surface area (Å²) in [5.41, 5.74) is 2.30. The van der Waals surface area contributed by atoms with E-state index in [4.69, 9.17) is 4.74 Å². The molecule has 124 valence electrons. The van der Waals surface area contributed by atoms with Crippen LogP contribution in [0.4, 0.5) is 4.79 Å². The first-order chi connectivity index (χ1) is 10.3. The molecule has 0 heterocycles. The summed E-state index contributed by atoms with van der Waals surface area (Å²) in [6, 6.07) is 8.50. The fourth-order valence-corrected chi connectivity index (χ4v) is 2.17. The van der Waals surface area contributed by atoms with Crippen LogP contribution in [0.2, 0.25) is 0 Å². The summed E-state index contributed by atoms with van der Waals surface area (Å²) in [6.07, 6.45) is 1.70. The lowest BCUT2D eigenvalue weighted by molar-refractivity contribution is 0.0297. The summed E-state index contributed by atoms with van der Waals surface area (Å²) in [5.74, 6) is 0. The topological polar surface area (TPSA) is 41.6 Å². The van der Waals surface area contributed by atoms with Crippen molar-refractivity contribution in [3.8, 4) is 0 Å². The Bertz CT molecular complexity index is 466. The monoisotopic (exact) mass is 306 g/mol. The summed E-state index contributed by atoms with van der Waals surface area (Å²) in [4.78, 5) is 13.4. The summed E-state index contributed by atoms with van der Waals surface area (Å²) in [5, 5.41) is 3.44. The lowest BCUT2D eigenvalue weighted by Gasteiger charge is -2.24. The Hall–Kier alpha value is -1.55. The third-order valence-electron chi connectivity index (χ3n) is 3.37. The van der Waals surface area contributed by atoms with Gasteiger partial charge in [0, 0.05) is 20.1 Å². The Balaban J connectivity index is 2.24. The molecule has 0 atom stereocenters. The summed E-state index contributed by atoms with van der Waals surface area (Å²) >= 11 is 0. The number of nitrogens with zero attached hydrogens (tertiary/aromatic N) is 1. The van der Waals surface area contributed by atoms with Gasteiger partial charge >= 0.3 is 6.09 Å². The van der Waals surface area contributed by atoms with Crippen molar-refractivity contribution >= 4 is 6.09 Å². The number of nitrogens with one attached hydrogen (secondary N) is 1. The normalized spacial score (nSPS) is 11.3. The van der Waals surface area contributed by atoms with Gasteiger partial charge in [-0.3, -0.25) is 0 Å². The average molecular weight is 306 g/mol. The van der Waals surface area contributed by atoms with Gasteiger partial charge in [-0.15, -0.1) is 0 Å². The van der Waals surface area contributed by atoms with E-state index in [2.05, 4.69) is 36.5 Å². The molecule has 0 aliphatic carbocycles. The van der Waals surface area contributed by atoms with Gasteiger partial charge in [0.05, 0.1) is 0 Å². The molecule has 0 aromatic heterocycles.